The van der Waals surface area contributed by atoms with E-state index in [4.69, 9.17) is 0 Å². The third-order valence-electron chi connectivity index (χ3n) is 3.47. The summed E-state index contributed by atoms with van der Waals surface area (Å²) in [6, 6.07) is -0.730. The summed E-state index contributed by atoms with van der Waals surface area (Å²) in [5.74, 6) is -0.0270. The van der Waals surface area contributed by atoms with Gasteiger partial charge < -0.3 is 15.5 Å². The van der Waals surface area contributed by atoms with Crippen molar-refractivity contribution < 1.29 is 9.59 Å². The second-order valence-electron chi connectivity index (χ2n) is 5.25. The van der Waals surface area contributed by atoms with Gasteiger partial charge >= 0.3 is 6.03 Å². The maximum Gasteiger partial charge on any atom is 0.315 e. The maximum atomic E-state index is 11.9. The number of hydrogen-bond acceptors (Lipinski definition) is 4. The summed E-state index contributed by atoms with van der Waals surface area (Å²) in [6.07, 6.45) is 5.62. The molecule has 1 aliphatic rings. The highest BCUT2D eigenvalue weighted by molar-refractivity contribution is 5.87. The molecular weight excluding hydrogens is 270 g/mol. The summed E-state index contributed by atoms with van der Waals surface area (Å²) in [5, 5.41) is 5.46. The molecule has 0 bridgehead atoms. The number of nitrogens with one attached hydrogen (secondary N) is 2. The van der Waals surface area contributed by atoms with Gasteiger partial charge in [-0.25, -0.2) is 4.79 Å². The zero-order chi connectivity index (χ0) is 15.2. The average Bonchev–Trinajstić information content (AvgIpc) is 2.46. The lowest BCUT2D eigenvalue weighted by Crippen LogP contribution is -2.53. The zero-order valence-corrected chi connectivity index (χ0v) is 12.4. The smallest absolute Gasteiger partial charge is 0.315 e. The Balaban J connectivity index is 1.72. The molecule has 1 saturated heterocycles. The molecule has 7 nitrogen and oxygen atoms in total. The van der Waals surface area contributed by atoms with Gasteiger partial charge in [-0.2, -0.15) is 0 Å². The van der Waals surface area contributed by atoms with Crippen molar-refractivity contribution in [1.29, 1.82) is 0 Å². The molecule has 7 heteroatoms. The van der Waals surface area contributed by atoms with E-state index in [1.165, 1.54) is 0 Å². The van der Waals surface area contributed by atoms with E-state index in [1.807, 2.05) is 6.92 Å². The summed E-state index contributed by atoms with van der Waals surface area (Å²) < 4.78 is 0. The molecule has 2 heterocycles. The molecule has 0 spiro atoms. The molecule has 0 aliphatic carbocycles. The maximum absolute atomic E-state index is 11.9. The van der Waals surface area contributed by atoms with Gasteiger partial charge in [0.15, 0.2) is 0 Å². The van der Waals surface area contributed by atoms with Gasteiger partial charge in [-0.1, -0.05) is 0 Å². The number of nitrogens with zero attached hydrogens (tertiary/aromatic N) is 3. The van der Waals surface area contributed by atoms with Crippen molar-refractivity contribution in [3.05, 3.63) is 23.8 Å². The third kappa shape index (κ3) is 4.40. The van der Waals surface area contributed by atoms with Crippen LogP contribution >= 0.6 is 0 Å². The highest BCUT2D eigenvalue weighted by Crippen LogP contribution is 2.09. The van der Waals surface area contributed by atoms with Crippen LogP contribution < -0.4 is 10.6 Å². The fraction of sp³-hybridized carbons (Fsp3) is 0.571. The predicted octanol–water partition coefficient (Wildman–Crippen LogP) is 0.248. The van der Waals surface area contributed by atoms with Gasteiger partial charge in [0.2, 0.25) is 5.91 Å². The number of likely N-dealkylation sites (N-methyl/N-ethyl adjacent to an activating group) is 1. The van der Waals surface area contributed by atoms with Gasteiger partial charge in [0.25, 0.3) is 0 Å². The van der Waals surface area contributed by atoms with Crippen molar-refractivity contribution in [2.45, 2.75) is 32.2 Å². The number of carbonyl (C=O) groups excluding carboxylic acids is 2. The van der Waals surface area contributed by atoms with E-state index in [9.17, 15) is 9.59 Å². The number of rotatable bonds is 4. The molecule has 1 aromatic rings. The molecular formula is C14H21N5O2. The van der Waals surface area contributed by atoms with Gasteiger partial charge in [-0.05, 0) is 19.8 Å². The number of piperidine rings is 1. The number of carbonyl (C=O) groups is 2. The Morgan fingerprint density at radius 1 is 1.43 bits per heavy atom. The van der Waals surface area contributed by atoms with Crippen LogP contribution in [0.1, 0.15) is 24.2 Å². The first-order chi connectivity index (χ1) is 10.1. The van der Waals surface area contributed by atoms with Crippen molar-refractivity contribution in [1.82, 2.24) is 25.5 Å². The van der Waals surface area contributed by atoms with Crippen LogP contribution in [0.25, 0.3) is 0 Å². The molecule has 2 N–H and O–H groups in total. The summed E-state index contributed by atoms with van der Waals surface area (Å²) in [4.78, 5) is 33.6. The topological polar surface area (TPSA) is 87.2 Å². The van der Waals surface area contributed by atoms with E-state index < -0.39 is 6.04 Å². The number of aromatic nitrogens is 2. The lowest BCUT2D eigenvalue weighted by atomic mass is 10.1. The highest BCUT2D eigenvalue weighted by Gasteiger charge is 2.27. The summed E-state index contributed by atoms with van der Waals surface area (Å²) >= 11 is 0. The van der Waals surface area contributed by atoms with Crippen LogP contribution in [-0.4, -0.2) is 53.0 Å². The second-order valence-corrected chi connectivity index (χ2v) is 5.25. The lowest BCUT2D eigenvalue weighted by Gasteiger charge is -2.29. The van der Waals surface area contributed by atoms with Gasteiger partial charge in [-0.15, -0.1) is 0 Å². The number of urea groups is 1. The number of likely N-dealkylation sites (tertiary alicyclic amines) is 1. The van der Waals surface area contributed by atoms with Gasteiger partial charge in [-0.3, -0.25) is 14.8 Å². The largest absolute Gasteiger partial charge is 0.344 e. The van der Waals surface area contributed by atoms with Gasteiger partial charge in [0.05, 0.1) is 11.4 Å². The Bertz CT molecular complexity index is 503. The van der Waals surface area contributed by atoms with Crippen molar-refractivity contribution in [2.24, 2.45) is 0 Å². The minimum absolute atomic E-state index is 0.0270. The van der Waals surface area contributed by atoms with E-state index in [-0.39, 0.29) is 11.9 Å². The minimum atomic E-state index is -0.414. The van der Waals surface area contributed by atoms with Crippen LogP contribution in [0.2, 0.25) is 0 Å². The van der Waals surface area contributed by atoms with Crippen LogP contribution in [0.15, 0.2) is 12.4 Å². The molecule has 21 heavy (non-hydrogen) atoms. The average molecular weight is 291 g/mol. The second kappa shape index (κ2) is 7.01. The number of hydrogen-bond donors (Lipinski definition) is 2. The Morgan fingerprint density at radius 3 is 2.95 bits per heavy atom. The van der Waals surface area contributed by atoms with Crippen LogP contribution in [0.5, 0.6) is 0 Å². The first-order valence-electron chi connectivity index (χ1n) is 7.13. The monoisotopic (exact) mass is 291 g/mol. The molecule has 3 amide bonds. The van der Waals surface area contributed by atoms with E-state index in [1.54, 1.807) is 24.3 Å². The predicted molar refractivity (Wildman–Crippen MR) is 77.7 cm³/mol. The Labute approximate surface area is 124 Å². The molecule has 1 fully saturated rings. The fourth-order valence-corrected chi connectivity index (χ4v) is 2.23. The van der Waals surface area contributed by atoms with E-state index in [0.29, 0.717) is 19.4 Å². The van der Waals surface area contributed by atoms with Gasteiger partial charge in [0.1, 0.15) is 6.04 Å². The van der Waals surface area contributed by atoms with E-state index in [2.05, 4.69) is 20.6 Å². The van der Waals surface area contributed by atoms with Crippen LogP contribution in [0.4, 0.5) is 4.79 Å². The van der Waals surface area contributed by atoms with Crippen LogP contribution in [0, 0.1) is 6.92 Å². The first kappa shape index (κ1) is 15.2. The molecule has 1 unspecified atom stereocenters. The highest BCUT2D eigenvalue weighted by atomic mass is 16.2. The van der Waals surface area contributed by atoms with Gasteiger partial charge in [0, 0.05) is 39.0 Å². The zero-order valence-electron chi connectivity index (χ0n) is 12.4. The molecule has 114 valence electrons. The molecule has 2 rings (SSSR count). The molecule has 0 radical (unpaired) electrons. The van der Waals surface area contributed by atoms with Crippen molar-refractivity contribution >= 4 is 11.9 Å². The Hall–Kier alpha value is -2.18. The van der Waals surface area contributed by atoms with E-state index >= 15 is 0 Å². The molecule has 0 aromatic carbocycles. The normalized spacial score (nSPS) is 18.5. The lowest BCUT2D eigenvalue weighted by molar-refractivity contribution is -0.134. The Morgan fingerprint density at radius 2 is 2.24 bits per heavy atom. The van der Waals surface area contributed by atoms with E-state index in [0.717, 1.165) is 24.4 Å². The third-order valence-corrected chi connectivity index (χ3v) is 3.47. The minimum Gasteiger partial charge on any atom is -0.344 e. The summed E-state index contributed by atoms with van der Waals surface area (Å²) in [6.45, 7) is 3.09. The van der Waals surface area contributed by atoms with Crippen LogP contribution in [0.3, 0.4) is 0 Å². The number of amides is 3. The first-order valence-corrected chi connectivity index (χ1v) is 7.13. The van der Waals surface area contributed by atoms with Crippen molar-refractivity contribution in [3.63, 3.8) is 0 Å². The molecule has 1 aromatic heterocycles. The fourth-order valence-electron chi connectivity index (χ4n) is 2.23. The SMILES string of the molecule is Cc1cnc(CCNC(=O)NC2CCCN(C)C2=O)cn1. The molecule has 1 aliphatic heterocycles. The standard InChI is InChI=1S/C14H21N5O2/c1-10-8-17-11(9-16-10)5-6-15-14(21)18-12-4-3-7-19(2)13(12)20/h8-9,12H,3-7H2,1-2H3,(H2,15,18,21). The van der Waals surface area contributed by atoms with Crippen molar-refractivity contribution in [3.8, 4) is 0 Å². The quantitative estimate of drug-likeness (QED) is 0.832. The Kier molecular flexibility index (Phi) is 5.08. The summed E-state index contributed by atoms with van der Waals surface area (Å²) in [5.41, 5.74) is 1.69. The molecule has 1 atom stereocenters. The van der Waals surface area contributed by atoms with Crippen molar-refractivity contribution in [2.75, 3.05) is 20.1 Å². The number of aryl methyl sites for hydroxylation is 1. The molecule has 0 saturated carbocycles. The summed E-state index contributed by atoms with van der Waals surface area (Å²) in [7, 11) is 1.75. The van der Waals surface area contributed by atoms with Crippen LogP contribution in [-0.2, 0) is 11.2 Å².